The molecule has 0 saturated carbocycles. The molecule has 0 amide bonds. The van der Waals surface area contributed by atoms with Crippen molar-refractivity contribution in [3.05, 3.63) is 18.6 Å². The Morgan fingerprint density at radius 1 is 1.47 bits per heavy atom. The molecule has 1 aromatic heterocycles. The van der Waals surface area contributed by atoms with Gasteiger partial charge in [0.05, 0.1) is 5.03 Å². The van der Waals surface area contributed by atoms with Crippen LogP contribution in [0.4, 0.5) is 0 Å². The average Bonchev–Trinajstić information content (AvgIpc) is 2.18. The molecule has 0 aliphatic rings. The van der Waals surface area contributed by atoms with Crippen molar-refractivity contribution in [1.29, 1.82) is 0 Å². The fraction of sp³-hybridized carbons (Fsp3) is 0.636. The van der Waals surface area contributed by atoms with Gasteiger partial charge in [0.1, 0.15) is 6.33 Å². The molecule has 0 aliphatic heterocycles. The Kier molecular flexibility index (Phi) is 4.93. The first kappa shape index (κ1) is 12.8. The molecule has 0 aliphatic carbocycles. The third kappa shape index (κ3) is 4.43. The van der Waals surface area contributed by atoms with Crippen molar-refractivity contribution in [1.82, 2.24) is 9.97 Å². The molecule has 1 heterocycles. The average molecular weight is 242 g/mol. The number of thioether (sulfide) groups is 1. The molecule has 0 fully saturated rings. The van der Waals surface area contributed by atoms with Crippen molar-refractivity contribution < 1.29 is 0 Å². The largest absolute Gasteiger partial charge is 0.245 e. The zero-order valence-electron chi connectivity index (χ0n) is 9.47. The molecular formula is C11H18N2S2. The highest BCUT2D eigenvalue weighted by atomic mass is 32.2. The van der Waals surface area contributed by atoms with Crippen LogP contribution in [0.15, 0.2) is 23.6 Å². The van der Waals surface area contributed by atoms with Crippen LogP contribution in [0.25, 0.3) is 0 Å². The Morgan fingerprint density at radius 3 is 2.67 bits per heavy atom. The lowest BCUT2D eigenvalue weighted by molar-refractivity contribution is 0.294. The first-order valence-electron chi connectivity index (χ1n) is 5.03. The minimum absolute atomic E-state index is 0.307. The Hall–Kier alpha value is -0.220. The first-order valence-corrected chi connectivity index (χ1v) is 6.65. The maximum atomic E-state index is 4.41. The van der Waals surface area contributed by atoms with Crippen LogP contribution in [-0.2, 0) is 0 Å². The van der Waals surface area contributed by atoms with Gasteiger partial charge >= 0.3 is 0 Å². The van der Waals surface area contributed by atoms with Gasteiger partial charge in [-0.2, -0.15) is 12.6 Å². The van der Waals surface area contributed by atoms with Crippen LogP contribution in [-0.4, -0.2) is 21.5 Å². The van der Waals surface area contributed by atoms with E-state index in [1.54, 1.807) is 24.3 Å². The van der Waals surface area contributed by atoms with Crippen molar-refractivity contribution in [2.75, 3.05) is 11.5 Å². The smallest absolute Gasteiger partial charge is 0.116 e. The fourth-order valence-corrected chi connectivity index (χ4v) is 3.25. The van der Waals surface area contributed by atoms with Gasteiger partial charge in [-0.1, -0.05) is 20.8 Å². The number of rotatable bonds is 4. The second-order valence-corrected chi connectivity index (χ2v) is 6.01. The molecule has 1 rings (SSSR count). The highest BCUT2D eigenvalue weighted by molar-refractivity contribution is 7.99. The van der Waals surface area contributed by atoms with Crippen LogP contribution in [0.5, 0.6) is 0 Å². The summed E-state index contributed by atoms with van der Waals surface area (Å²) in [5.74, 6) is 2.58. The SMILES string of the molecule is CC(C)(C)C(CS)CSc1ccncn1. The van der Waals surface area contributed by atoms with Gasteiger partial charge in [0.2, 0.25) is 0 Å². The summed E-state index contributed by atoms with van der Waals surface area (Å²) in [6.07, 6.45) is 3.37. The molecule has 0 saturated heterocycles. The van der Waals surface area contributed by atoms with Crippen LogP contribution < -0.4 is 0 Å². The van der Waals surface area contributed by atoms with E-state index in [1.807, 2.05) is 6.07 Å². The molecule has 84 valence electrons. The Labute approximate surface area is 102 Å². The first-order chi connectivity index (χ1) is 7.04. The van der Waals surface area contributed by atoms with Gasteiger partial charge in [0, 0.05) is 11.9 Å². The van der Waals surface area contributed by atoms with E-state index < -0.39 is 0 Å². The van der Waals surface area contributed by atoms with Gasteiger partial charge in [0.15, 0.2) is 0 Å². The molecule has 0 aromatic carbocycles. The van der Waals surface area contributed by atoms with E-state index in [0.717, 1.165) is 16.5 Å². The van der Waals surface area contributed by atoms with Crippen molar-refractivity contribution >= 4 is 24.4 Å². The molecule has 0 spiro atoms. The molecule has 4 heteroatoms. The summed E-state index contributed by atoms with van der Waals surface area (Å²) in [5, 5.41) is 1.04. The number of aromatic nitrogens is 2. The summed E-state index contributed by atoms with van der Waals surface area (Å²) in [5.41, 5.74) is 0.307. The van der Waals surface area contributed by atoms with Crippen LogP contribution in [0.1, 0.15) is 20.8 Å². The van der Waals surface area contributed by atoms with E-state index >= 15 is 0 Å². The molecule has 1 unspecified atom stereocenters. The number of thiol groups is 1. The van der Waals surface area contributed by atoms with Gasteiger partial charge < -0.3 is 0 Å². The van der Waals surface area contributed by atoms with Crippen LogP contribution in [0.3, 0.4) is 0 Å². The van der Waals surface area contributed by atoms with E-state index in [-0.39, 0.29) is 0 Å². The lowest BCUT2D eigenvalue weighted by Crippen LogP contribution is -2.24. The van der Waals surface area contributed by atoms with Gasteiger partial charge in [-0.05, 0) is 23.2 Å². The topological polar surface area (TPSA) is 25.8 Å². The second-order valence-electron chi connectivity index (χ2n) is 4.60. The highest BCUT2D eigenvalue weighted by Crippen LogP contribution is 2.31. The normalized spacial score (nSPS) is 13.9. The number of hydrogen-bond donors (Lipinski definition) is 1. The lowest BCUT2D eigenvalue weighted by atomic mass is 9.83. The summed E-state index contributed by atoms with van der Waals surface area (Å²) in [4.78, 5) is 8.10. The molecule has 0 bridgehead atoms. The maximum Gasteiger partial charge on any atom is 0.116 e. The Morgan fingerprint density at radius 2 is 2.20 bits per heavy atom. The monoisotopic (exact) mass is 242 g/mol. The third-order valence-electron chi connectivity index (χ3n) is 2.43. The predicted molar refractivity (Wildman–Crippen MR) is 69.6 cm³/mol. The van der Waals surface area contributed by atoms with E-state index in [9.17, 15) is 0 Å². The molecular weight excluding hydrogens is 224 g/mol. The number of nitrogens with zero attached hydrogens (tertiary/aromatic N) is 2. The minimum Gasteiger partial charge on any atom is -0.245 e. The Balaban J connectivity index is 2.49. The van der Waals surface area contributed by atoms with Gasteiger partial charge in [0.25, 0.3) is 0 Å². The van der Waals surface area contributed by atoms with E-state index in [2.05, 4.69) is 43.4 Å². The summed E-state index contributed by atoms with van der Waals surface area (Å²) >= 11 is 6.19. The van der Waals surface area contributed by atoms with E-state index in [1.165, 1.54) is 0 Å². The molecule has 1 aromatic rings. The van der Waals surface area contributed by atoms with Gasteiger partial charge in [-0.3, -0.25) is 0 Å². The van der Waals surface area contributed by atoms with Crippen LogP contribution >= 0.6 is 24.4 Å². The maximum absolute atomic E-state index is 4.41. The van der Waals surface area contributed by atoms with E-state index in [0.29, 0.717) is 11.3 Å². The van der Waals surface area contributed by atoms with Crippen LogP contribution in [0, 0.1) is 11.3 Å². The Bertz CT molecular complexity index is 282. The fourth-order valence-electron chi connectivity index (χ4n) is 1.13. The third-order valence-corrected chi connectivity index (χ3v) is 3.98. The molecule has 0 N–H and O–H groups in total. The summed E-state index contributed by atoms with van der Waals surface area (Å²) in [6, 6.07) is 1.95. The molecule has 1 atom stereocenters. The van der Waals surface area contributed by atoms with Gasteiger partial charge in [-0.25, -0.2) is 9.97 Å². The number of hydrogen-bond acceptors (Lipinski definition) is 4. The summed E-state index contributed by atoms with van der Waals surface area (Å²) in [6.45, 7) is 6.78. The molecule has 2 nitrogen and oxygen atoms in total. The minimum atomic E-state index is 0.307. The van der Waals surface area contributed by atoms with Crippen molar-refractivity contribution in [3.63, 3.8) is 0 Å². The predicted octanol–water partition coefficient (Wildman–Crippen LogP) is 3.16. The molecule has 0 radical (unpaired) electrons. The zero-order valence-corrected chi connectivity index (χ0v) is 11.2. The summed E-state index contributed by atoms with van der Waals surface area (Å²) in [7, 11) is 0. The second kappa shape index (κ2) is 5.75. The van der Waals surface area contributed by atoms with Crippen LogP contribution in [0.2, 0.25) is 0 Å². The quantitative estimate of drug-likeness (QED) is 0.499. The summed E-state index contributed by atoms with van der Waals surface area (Å²) < 4.78 is 0. The van der Waals surface area contributed by atoms with E-state index in [4.69, 9.17) is 0 Å². The molecule has 15 heavy (non-hydrogen) atoms. The van der Waals surface area contributed by atoms with Crippen molar-refractivity contribution in [2.24, 2.45) is 11.3 Å². The van der Waals surface area contributed by atoms with Crippen molar-refractivity contribution in [3.8, 4) is 0 Å². The van der Waals surface area contributed by atoms with Gasteiger partial charge in [-0.15, -0.1) is 11.8 Å². The highest BCUT2D eigenvalue weighted by Gasteiger charge is 2.23. The van der Waals surface area contributed by atoms with Crippen molar-refractivity contribution in [2.45, 2.75) is 25.8 Å². The standard InChI is InChI=1S/C11H18N2S2/c1-11(2,3)9(6-14)7-15-10-4-5-12-8-13-10/h4-5,8-9,14H,6-7H2,1-3H3. The zero-order chi connectivity index (χ0) is 11.3. The lowest BCUT2D eigenvalue weighted by Gasteiger charge is -2.28.